The molecule has 209 valence electrons. The van der Waals surface area contributed by atoms with Gasteiger partial charge in [0.1, 0.15) is 0 Å². The molecule has 0 aromatic heterocycles. The second kappa shape index (κ2) is 15.9. The van der Waals surface area contributed by atoms with E-state index in [-0.39, 0.29) is 13.1 Å². The van der Waals surface area contributed by atoms with Crippen LogP contribution >= 0.6 is 20.2 Å². The number of aliphatic imine (C=N–C) groups is 2. The van der Waals surface area contributed by atoms with E-state index >= 15 is 0 Å². The third-order valence-corrected chi connectivity index (χ3v) is 6.50. The molecule has 4 rings (SSSR count). The summed E-state index contributed by atoms with van der Waals surface area (Å²) in [5.74, 6) is 0. The molecular formula is C34H36Cl2FeN3. The number of halogens is 2. The summed E-state index contributed by atoms with van der Waals surface area (Å²) in [6.07, 6.45) is 0. The second-order valence-corrected chi connectivity index (χ2v) is 11.8. The predicted molar refractivity (Wildman–Crippen MR) is 171 cm³/mol. The van der Waals surface area contributed by atoms with Gasteiger partial charge >= 0.3 is 33.3 Å². The van der Waals surface area contributed by atoms with Crippen LogP contribution in [0, 0.1) is 41.5 Å². The fourth-order valence-corrected chi connectivity index (χ4v) is 4.88. The van der Waals surface area contributed by atoms with E-state index in [2.05, 4.69) is 114 Å². The summed E-state index contributed by atoms with van der Waals surface area (Å²) >= 11 is 0.194. The van der Waals surface area contributed by atoms with E-state index in [0.717, 1.165) is 33.9 Å². The van der Waals surface area contributed by atoms with E-state index < -0.39 is 0 Å². The summed E-state index contributed by atoms with van der Waals surface area (Å²) in [6.45, 7) is 13.8. The van der Waals surface area contributed by atoms with E-state index in [1.165, 1.54) is 33.4 Å². The van der Waals surface area contributed by atoms with E-state index in [1.807, 2.05) is 12.1 Å². The van der Waals surface area contributed by atoms with Gasteiger partial charge in [-0.3, -0.25) is 9.98 Å². The maximum absolute atomic E-state index is 5.14. The minimum absolute atomic E-state index is 0.194. The zero-order valence-electron chi connectivity index (χ0n) is 23.9. The topological polar surface area (TPSA) is 38.8 Å². The molecule has 4 aromatic rings. The monoisotopic (exact) mass is 612 g/mol. The molecule has 0 unspecified atom stereocenters. The number of aryl methyl sites for hydroxylation is 6. The molecule has 0 bridgehead atoms. The van der Waals surface area contributed by atoms with Crippen molar-refractivity contribution in [2.75, 3.05) is 13.1 Å². The molecule has 0 N–H and O–H groups in total. The van der Waals surface area contributed by atoms with Crippen LogP contribution in [0.25, 0.3) is 5.32 Å². The van der Waals surface area contributed by atoms with E-state index in [1.54, 1.807) is 0 Å². The van der Waals surface area contributed by atoms with Crippen molar-refractivity contribution in [2.24, 2.45) is 9.98 Å². The van der Waals surface area contributed by atoms with Crippen LogP contribution in [-0.2, 0) is 13.1 Å². The molecule has 0 aliphatic rings. The van der Waals surface area contributed by atoms with E-state index in [0.29, 0.717) is 13.1 Å². The summed E-state index contributed by atoms with van der Waals surface area (Å²) in [4.78, 5) is 10.3. The Balaban J connectivity index is 0.00000141. The molecule has 40 heavy (non-hydrogen) atoms. The van der Waals surface area contributed by atoms with Gasteiger partial charge in [-0.1, -0.05) is 96.1 Å². The third kappa shape index (κ3) is 9.16. The molecule has 0 aliphatic carbocycles. The Hall–Kier alpha value is -2.72. The van der Waals surface area contributed by atoms with Crippen LogP contribution in [0.3, 0.4) is 0 Å². The summed E-state index contributed by atoms with van der Waals surface area (Å²) in [7, 11) is 9.53. The molecule has 6 heteroatoms. The molecule has 0 saturated heterocycles. The number of benzene rings is 4. The van der Waals surface area contributed by atoms with Crippen molar-refractivity contribution in [2.45, 2.75) is 41.5 Å². The molecule has 0 fully saturated rings. The van der Waals surface area contributed by atoms with Gasteiger partial charge in [-0.2, -0.15) is 0 Å². The fourth-order valence-electron chi connectivity index (χ4n) is 4.88. The Bertz CT molecular complexity index is 1310. The third-order valence-electron chi connectivity index (χ3n) is 6.50. The first-order chi connectivity index (χ1) is 19.2. The van der Waals surface area contributed by atoms with Gasteiger partial charge in [0.2, 0.25) is 0 Å². The average molecular weight is 613 g/mol. The van der Waals surface area contributed by atoms with Gasteiger partial charge in [-0.15, -0.1) is 13.1 Å². The Morgan fingerprint density at radius 1 is 0.575 bits per heavy atom. The van der Waals surface area contributed by atoms with E-state index in [4.69, 9.17) is 35.5 Å². The number of nitrogens with zero attached hydrogens (tertiary/aromatic N) is 3. The molecule has 3 nitrogen and oxygen atoms in total. The molecule has 0 radical (unpaired) electrons. The van der Waals surface area contributed by atoms with Crippen LogP contribution in [0.5, 0.6) is 0 Å². The molecule has 0 aliphatic heterocycles. The van der Waals surface area contributed by atoms with Gasteiger partial charge in [0.15, 0.2) is 0 Å². The standard InChI is InChI=1S/C34H36N3.2ClH.Fe/c1-23-17-25(3)33(26(4)18-23)36-31(29-13-9-7-10-14-29)21-35-22-32(30-15-11-8-12-16-30)37-34-27(5)19-24(2)20-28(34)6;;;/h7-20H,21-22H2,1-6H3;2*1H;/q-1;;;+3/p-2. The van der Waals surface area contributed by atoms with Crippen molar-refractivity contribution in [1.29, 1.82) is 0 Å². The normalized spacial score (nSPS) is 11.7. The summed E-state index contributed by atoms with van der Waals surface area (Å²) in [5, 5.41) is 5.01. The Morgan fingerprint density at radius 2 is 0.875 bits per heavy atom. The van der Waals surface area contributed by atoms with Crippen molar-refractivity contribution in [1.82, 2.24) is 0 Å². The first-order valence-electron chi connectivity index (χ1n) is 13.1. The number of rotatable bonds is 8. The summed E-state index contributed by atoms with van der Waals surface area (Å²) in [6, 6.07) is 29.5. The van der Waals surface area contributed by atoms with Crippen molar-refractivity contribution >= 4 is 43.0 Å². The zero-order valence-corrected chi connectivity index (χ0v) is 26.6. The van der Waals surface area contributed by atoms with Crippen LogP contribution < -0.4 is 0 Å². The molecule has 0 spiro atoms. The van der Waals surface area contributed by atoms with Crippen molar-refractivity contribution in [3.63, 3.8) is 0 Å². The van der Waals surface area contributed by atoms with Crippen molar-refractivity contribution in [3.05, 3.63) is 135 Å². The van der Waals surface area contributed by atoms with Crippen LogP contribution in [0.2, 0.25) is 0 Å². The Morgan fingerprint density at radius 3 is 1.18 bits per heavy atom. The van der Waals surface area contributed by atoms with Gasteiger partial charge in [-0.25, -0.2) is 0 Å². The molecule has 0 heterocycles. The Labute approximate surface area is 254 Å². The van der Waals surface area contributed by atoms with Crippen molar-refractivity contribution in [3.8, 4) is 0 Å². The quantitative estimate of drug-likeness (QED) is 0.140. The first kappa shape index (κ1) is 31.8. The van der Waals surface area contributed by atoms with Crippen molar-refractivity contribution < 1.29 is 13.1 Å². The van der Waals surface area contributed by atoms with Crippen LogP contribution in [0.4, 0.5) is 11.4 Å². The van der Waals surface area contributed by atoms with Gasteiger partial charge in [0.25, 0.3) is 0 Å². The average Bonchev–Trinajstić information content (AvgIpc) is 2.92. The van der Waals surface area contributed by atoms with Gasteiger partial charge in [-0.05, 0) is 74.9 Å². The SMILES string of the molecule is Cc1cc(C)c(N=C(C[N-]CC(=Nc2c(C)cc(C)cc2C)c2ccccc2)c2ccccc2)c(C)c1.[Cl][Fe+][Cl]. The van der Waals surface area contributed by atoms with E-state index in [9.17, 15) is 0 Å². The van der Waals surface area contributed by atoms with Gasteiger partial charge < -0.3 is 5.32 Å². The minimum atomic E-state index is 0.194. The first-order valence-corrected chi connectivity index (χ1v) is 16.2. The fraction of sp³-hybridized carbons (Fsp3) is 0.235. The number of hydrogen-bond donors (Lipinski definition) is 0. The molecule has 0 saturated carbocycles. The number of hydrogen-bond acceptors (Lipinski definition) is 2. The van der Waals surface area contributed by atoms with Crippen LogP contribution in [0.15, 0.2) is 94.9 Å². The molecule has 0 atom stereocenters. The molecular weight excluding hydrogens is 577 g/mol. The van der Waals surface area contributed by atoms with Gasteiger partial charge in [0, 0.05) is 11.4 Å². The summed E-state index contributed by atoms with van der Waals surface area (Å²) in [5.41, 5.74) is 13.4. The molecule has 4 aromatic carbocycles. The Kier molecular flexibility index (Phi) is 12.6. The predicted octanol–water partition coefficient (Wildman–Crippen LogP) is 10.2. The zero-order chi connectivity index (χ0) is 29.1. The van der Waals surface area contributed by atoms with Crippen LogP contribution in [-0.4, -0.2) is 24.5 Å². The van der Waals surface area contributed by atoms with Crippen LogP contribution in [0.1, 0.15) is 44.5 Å². The van der Waals surface area contributed by atoms with Gasteiger partial charge in [0.05, 0.1) is 11.4 Å². The summed E-state index contributed by atoms with van der Waals surface area (Å²) < 4.78 is 0. The maximum atomic E-state index is 5.14. The second-order valence-electron chi connectivity index (χ2n) is 9.93. The molecule has 0 amide bonds.